The van der Waals surface area contributed by atoms with Gasteiger partial charge in [-0.1, -0.05) is 31.2 Å². The summed E-state index contributed by atoms with van der Waals surface area (Å²) in [5, 5.41) is 3.46. The molecule has 1 aromatic rings. The van der Waals surface area contributed by atoms with E-state index in [1.807, 2.05) is 32.1 Å². The molecule has 94 valence electrons. The van der Waals surface area contributed by atoms with Crippen molar-refractivity contribution in [1.29, 1.82) is 0 Å². The van der Waals surface area contributed by atoms with Crippen molar-refractivity contribution in [3.63, 3.8) is 0 Å². The highest BCUT2D eigenvalue weighted by molar-refractivity contribution is 5.36. The van der Waals surface area contributed by atoms with Gasteiger partial charge in [-0.15, -0.1) is 6.58 Å². The quantitative estimate of drug-likeness (QED) is 0.725. The predicted octanol–water partition coefficient (Wildman–Crippen LogP) is 3.70. The number of hydrogen-bond acceptors (Lipinski definition) is 2. The van der Waals surface area contributed by atoms with Gasteiger partial charge >= 0.3 is 0 Å². The lowest BCUT2D eigenvalue weighted by atomic mass is 10.0. The molecule has 0 amide bonds. The van der Waals surface area contributed by atoms with E-state index in [1.54, 1.807) is 0 Å². The number of ether oxygens (including phenoxy) is 1. The summed E-state index contributed by atoms with van der Waals surface area (Å²) >= 11 is 0. The summed E-state index contributed by atoms with van der Waals surface area (Å²) in [6.45, 7) is 11.0. The third kappa shape index (κ3) is 4.23. The first-order valence-electron chi connectivity index (χ1n) is 6.28. The standard InChI is InChI=1S/C15H23NO/c1-5-9-14(16-6-2)13-10-7-8-11-15(13)17-12(3)4/h5,7-8,10-12,14,16H,1,6,9H2,2-4H3. The summed E-state index contributed by atoms with van der Waals surface area (Å²) in [4.78, 5) is 0. The maximum absolute atomic E-state index is 5.84. The van der Waals surface area contributed by atoms with E-state index in [9.17, 15) is 0 Å². The molecule has 2 heteroatoms. The molecule has 0 aliphatic heterocycles. The highest BCUT2D eigenvalue weighted by atomic mass is 16.5. The SMILES string of the molecule is C=CCC(NCC)c1ccccc1OC(C)C. The van der Waals surface area contributed by atoms with Gasteiger partial charge in [0, 0.05) is 11.6 Å². The van der Waals surface area contributed by atoms with Gasteiger partial charge in [0.2, 0.25) is 0 Å². The number of para-hydroxylation sites is 1. The van der Waals surface area contributed by atoms with E-state index in [1.165, 1.54) is 5.56 Å². The smallest absolute Gasteiger partial charge is 0.124 e. The van der Waals surface area contributed by atoms with E-state index in [0.29, 0.717) is 0 Å². The molecule has 1 aromatic carbocycles. The fourth-order valence-corrected chi connectivity index (χ4v) is 1.86. The summed E-state index contributed by atoms with van der Waals surface area (Å²) in [5.74, 6) is 0.968. The van der Waals surface area contributed by atoms with E-state index < -0.39 is 0 Å². The maximum atomic E-state index is 5.84. The Morgan fingerprint density at radius 1 is 1.35 bits per heavy atom. The highest BCUT2D eigenvalue weighted by Gasteiger charge is 2.14. The van der Waals surface area contributed by atoms with Crippen LogP contribution in [0.15, 0.2) is 36.9 Å². The molecular formula is C15H23NO. The van der Waals surface area contributed by atoms with Crippen LogP contribution in [0.1, 0.15) is 38.8 Å². The van der Waals surface area contributed by atoms with Crippen LogP contribution in [-0.2, 0) is 0 Å². The largest absolute Gasteiger partial charge is 0.491 e. The zero-order chi connectivity index (χ0) is 12.7. The molecule has 0 fully saturated rings. The molecule has 0 radical (unpaired) electrons. The molecule has 0 saturated carbocycles. The van der Waals surface area contributed by atoms with Gasteiger partial charge < -0.3 is 10.1 Å². The summed E-state index contributed by atoms with van der Waals surface area (Å²) in [6.07, 6.45) is 3.05. The molecule has 1 rings (SSSR count). The zero-order valence-corrected chi connectivity index (χ0v) is 11.1. The van der Waals surface area contributed by atoms with Crippen LogP contribution in [0.3, 0.4) is 0 Å². The fraction of sp³-hybridized carbons (Fsp3) is 0.467. The third-order valence-electron chi connectivity index (χ3n) is 2.51. The van der Waals surface area contributed by atoms with E-state index in [2.05, 4.69) is 31.0 Å². The van der Waals surface area contributed by atoms with E-state index >= 15 is 0 Å². The Morgan fingerprint density at radius 3 is 2.65 bits per heavy atom. The van der Waals surface area contributed by atoms with E-state index in [4.69, 9.17) is 4.74 Å². The number of rotatable bonds is 7. The predicted molar refractivity (Wildman–Crippen MR) is 73.4 cm³/mol. The lowest BCUT2D eigenvalue weighted by Crippen LogP contribution is -2.21. The minimum Gasteiger partial charge on any atom is -0.491 e. The van der Waals surface area contributed by atoms with Crippen molar-refractivity contribution in [2.75, 3.05) is 6.54 Å². The van der Waals surface area contributed by atoms with Gasteiger partial charge in [-0.05, 0) is 32.9 Å². The molecule has 1 atom stereocenters. The maximum Gasteiger partial charge on any atom is 0.124 e. The van der Waals surface area contributed by atoms with Crippen LogP contribution in [0.4, 0.5) is 0 Å². The first-order valence-corrected chi connectivity index (χ1v) is 6.28. The minimum absolute atomic E-state index is 0.196. The Balaban J connectivity index is 2.95. The Hall–Kier alpha value is -1.28. The summed E-state index contributed by atoms with van der Waals surface area (Å²) in [7, 11) is 0. The average molecular weight is 233 g/mol. The topological polar surface area (TPSA) is 21.3 Å². The second kappa shape index (κ2) is 7.13. The van der Waals surface area contributed by atoms with Crippen LogP contribution in [0.2, 0.25) is 0 Å². The van der Waals surface area contributed by atoms with Gasteiger partial charge in [0.15, 0.2) is 0 Å². The summed E-state index contributed by atoms with van der Waals surface area (Å²) in [5.41, 5.74) is 1.21. The van der Waals surface area contributed by atoms with Crippen LogP contribution in [0.5, 0.6) is 5.75 Å². The lowest BCUT2D eigenvalue weighted by molar-refractivity contribution is 0.237. The van der Waals surface area contributed by atoms with Crippen molar-refractivity contribution < 1.29 is 4.74 Å². The second-order valence-corrected chi connectivity index (χ2v) is 4.34. The molecule has 0 saturated heterocycles. The van der Waals surface area contributed by atoms with Crippen molar-refractivity contribution in [2.45, 2.75) is 39.3 Å². The normalized spacial score (nSPS) is 12.5. The molecule has 0 aliphatic rings. The Labute approximate surface area is 105 Å². The van der Waals surface area contributed by atoms with Gasteiger partial charge in [0.05, 0.1) is 6.10 Å². The Bertz CT molecular complexity index is 347. The van der Waals surface area contributed by atoms with Crippen molar-refractivity contribution in [2.24, 2.45) is 0 Å². The van der Waals surface area contributed by atoms with Gasteiger partial charge in [-0.3, -0.25) is 0 Å². The van der Waals surface area contributed by atoms with Gasteiger partial charge in [-0.25, -0.2) is 0 Å². The monoisotopic (exact) mass is 233 g/mol. The molecule has 0 heterocycles. The van der Waals surface area contributed by atoms with Crippen LogP contribution in [-0.4, -0.2) is 12.6 Å². The Kier molecular flexibility index (Phi) is 5.78. The van der Waals surface area contributed by atoms with Crippen molar-refractivity contribution in [3.05, 3.63) is 42.5 Å². The van der Waals surface area contributed by atoms with E-state index in [0.717, 1.165) is 18.7 Å². The number of benzene rings is 1. The molecule has 17 heavy (non-hydrogen) atoms. The Morgan fingerprint density at radius 2 is 2.06 bits per heavy atom. The zero-order valence-electron chi connectivity index (χ0n) is 11.1. The second-order valence-electron chi connectivity index (χ2n) is 4.34. The molecular weight excluding hydrogens is 210 g/mol. The van der Waals surface area contributed by atoms with Crippen molar-refractivity contribution in [3.8, 4) is 5.75 Å². The van der Waals surface area contributed by atoms with Gasteiger partial charge in [0.1, 0.15) is 5.75 Å². The molecule has 0 aliphatic carbocycles. The summed E-state index contributed by atoms with van der Waals surface area (Å²) in [6, 6.07) is 8.50. The molecule has 2 nitrogen and oxygen atoms in total. The van der Waals surface area contributed by atoms with Gasteiger partial charge in [0.25, 0.3) is 0 Å². The molecule has 0 spiro atoms. The minimum atomic E-state index is 0.196. The average Bonchev–Trinajstić information content (AvgIpc) is 2.29. The highest BCUT2D eigenvalue weighted by Crippen LogP contribution is 2.28. The van der Waals surface area contributed by atoms with Crippen molar-refractivity contribution >= 4 is 0 Å². The first-order chi connectivity index (χ1) is 8.19. The first kappa shape index (κ1) is 13.8. The molecule has 0 bridgehead atoms. The molecule has 0 aromatic heterocycles. The van der Waals surface area contributed by atoms with Gasteiger partial charge in [-0.2, -0.15) is 0 Å². The lowest BCUT2D eigenvalue weighted by Gasteiger charge is -2.21. The third-order valence-corrected chi connectivity index (χ3v) is 2.51. The molecule has 1 N–H and O–H groups in total. The van der Waals surface area contributed by atoms with E-state index in [-0.39, 0.29) is 12.1 Å². The van der Waals surface area contributed by atoms with Crippen LogP contribution in [0.25, 0.3) is 0 Å². The summed E-state index contributed by atoms with van der Waals surface area (Å²) < 4.78 is 5.84. The van der Waals surface area contributed by atoms with Crippen molar-refractivity contribution in [1.82, 2.24) is 5.32 Å². The molecule has 1 unspecified atom stereocenters. The number of hydrogen-bond donors (Lipinski definition) is 1. The van der Waals surface area contributed by atoms with Crippen LogP contribution >= 0.6 is 0 Å². The number of nitrogens with one attached hydrogen (secondary N) is 1. The fourth-order valence-electron chi connectivity index (χ4n) is 1.86. The van der Waals surface area contributed by atoms with Crippen LogP contribution in [0, 0.1) is 0 Å². The van der Waals surface area contributed by atoms with Crippen LogP contribution < -0.4 is 10.1 Å².